The fourth-order valence-electron chi connectivity index (χ4n) is 2.03. The first-order valence-electron chi connectivity index (χ1n) is 5.34. The van der Waals surface area contributed by atoms with Gasteiger partial charge in [-0.3, -0.25) is 0 Å². The van der Waals surface area contributed by atoms with Gasteiger partial charge in [-0.25, -0.2) is 4.79 Å². The summed E-state index contributed by atoms with van der Waals surface area (Å²) in [6.07, 6.45) is 0. The molecule has 2 heterocycles. The van der Waals surface area contributed by atoms with Gasteiger partial charge in [0.25, 0.3) is 0 Å². The summed E-state index contributed by atoms with van der Waals surface area (Å²) in [6.45, 7) is 2.58. The maximum Gasteiger partial charge on any atom is 0.372 e. The topological polar surface area (TPSA) is 68.9 Å². The number of aryl methyl sites for hydroxylation is 1. The predicted molar refractivity (Wildman–Crippen MR) is 66.6 cm³/mol. The van der Waals surface area contributed by atoms with Gasteiger partial charge in [-0.1, -0.05) is 0 Å². The van der Waals surface area contributed by atoms with Crippen molar-refractivity contribution in [3.63, 3.8) is 0 Å². The predicted octanol–water partition coefficient (Wildman–Crippen LogP) is 2.97. The van der Waals surface area contributed by atoms with Crippen molar-refractivity contribution >= 4 is 32.9 Å². The third kappa shape index (κ3) is 1.49. The Morgan fingerprint density at radius 3 is 2.67 bits per heavy atom. The summed E-state index contributed by atoms with van der Waals surface area (Å²) in [6, 6.07) is 1.79. The smallest absolute Gasteiger partial charge is 0.372 e. The number of rotatable bonds is 1. The Hall–Kier alpha value is -1.69. The molecule has 18 heavy (non-hydrogen) atoms. The summed E-state index contributed by atoms with van der Waals surface area (Å²) < 4.78 is 17.1. The number of ether oxygens (including phenoxy) is 2. The van der Waals surface area contributed by atoms with E-state index in [1.54, 1.807) is 13.0 Å². The van der Waals surface area contributed by atoms with Gasteiger partial charge in [0.1, 0.15) is 13.2 Å². The molecule has 0 atom stereocenters. The van der Waals surface area contributed by atoms with E-state index in [1.165, 1.54) is 0 Å². The third-order valence-corrected chi connectivity index (χ3v) is 3.45. The maximum absolute atomic E-state index is 11.1. The molecule has 1 aliphatic rings. The van der Waals surface area contributed by atoms with Gasteiger partial charge >= 0.3 is 5.97 Å². The molecule has 0 spiro atoms. The molecule has 5 nitrogen and oxygen atoms in total. The normalized spacial score (nSPS) is 13.9. The van der Waals surface area contributed by atoms with Crippen molar-refractivity contribution in [1.82, 2.24) is 0 Å². The van der Waals surface area contributed by atoms with Crippen LogP contribution in [0, 0.1) is 6.92 Å². The highest BCUT2D eigenvalue weighted by atomic mass is 79.9. The molecule has 1 N–H and O–H groups in total. The Balaban J connectivity index is 2.38. The second-order valence-electron chi connectivity index (χ2n) is 3.95. The van der Waals surface area contributed by atoms with Gasteiger partial charge in [0.2, 0.25) is 11.5 Å². The molecule has 1 aliphatic heterocycles. The number of furan rings is 1. The Morgan fingerprint density at radius 1 is 1.33 bits per heavy atom. The maximum atomic E-state index is 11.1. The molecule has 0 aliphatic carbocycles. The summed E-state index contributed by atoms with van der Waals surface area (Å²) in [5, 5.41) is 9.77. The molecule has 94 valence electrons. The van der Waals surface area contributed by atoms with Crippen LogP contribution >= 0.6 is 15.9 Å². The number of halogens is 1. The molecular formula is C12H9BrO5. The number of aromatic carboxylic acids is 1. The number of carboxylic acids is 1. The number of carboxylic acid groups (broad SMARTS) is 1. The van der Waals surface area contributed by atoms with Crippen molar-refractivity contribution in [3.8, 4) is 11.5 Å². The fourth-order valence-corrected chi connectivity index (χ4v) is 2.55. The third-order valence-electron chi connectivity index (χ3n) is 2.86. The zero-order valence-electron chi connectivity index (χ0n) is 9.45. The molecule has 0 saturated heterocycles. The van der Waals surface area contributed by atoms with E-state index in [2.05, 4.69) is 15.9 Å². The molecule has 1 aromatic heterocycles. The molecule has 1 aromatic carbocycles. The lowest BCUT2D eigenvalue weighted by molar-refractivity contribution is 0.0663. The van der Waals surface area contributed by atoms with E-state index in [1.807, 2.05) is 0 Å². The van der Waals surface area contributed by atoms with Gasteiger partial charge in [0.05, 0.1) is 4.47 Å². The van der Waals surface area contributed by atoms with Crippen LogP contribution in [-0.4, -0.2) is 24.3 Å². The second kappa shape index (κ2) is 3.91. The van der Waals surface area contributed by atoms with Crippen LogP contribution in [0.15, 0.2) is 15.0 Å². The number of carbonyl (C=O) groups is 1. The van der Waals surface area contributed by atoms with Crippen molar-refractivity contribution in [3.05, 3.63) is 21.9 Å². The van der Waals surface area contributed by atoms with Crippen LogP contribution < -0.4 is 9.47 Å². The average Bonchev–Trinajstić information content (AvgIpc) is 2.68. The van der Waals surface area contributed by atoms with E-state index >= 15 is 0 Å². The lowest BCUT2D eigenvalue weighted by atomic mass is 10.1. The summed E-state index contributed by atoms with van der Waals surface area (Å²) in [5.74, 6) is -0.148. The van der Waals surface area contributed by atoms with E-state index in [9.17, 15) is 4.79 Å². The van der Waals surface area contributed by atoms with E-state index in [0.717, 1.165) is 4.47 Å². The van der Waals surface area contributed by atoms with Crippen LogP contribution in [0.2, 0.25) is 0 Å². The summed E-state index contributed by atoms with van der Waals surface area (Å²) in [4.78, 5) is 11.1. The van der Waals surface area contributed by atoms with Crippen molar-refractivity contribution in [2.45, 2.75) is 6.92 Å². The minimum atomic E-state index is -1.09. The number of benzene rings is 1. The Bertz CT molecular complexity index is 658. The van der Waals surface area contributed by atoms with E-state index in [4.69, 9.17) is 19.0 Å². The van der Waals surface area contributed by atoms with Crippen LogP contribution in [0.25, 0.3) is 11.0 Å². The Kier molecular flexibility index (Phi) is 2.48. The monoisotopic (exact) mass is 312 g/mol. The van der Waals surface area contributed by atoms with Gasteiger partial charge in [0.15, 0.2) is 11.3 Å². The largest absolute Gasteiger partial charge is 0.485 e. The molecule has 0 unspecified atom stereocenters. The van der Waals surface area contributed by atoms with Gasteiger partial charge in [-0.2, -0.15) is 0 Å². The molecule has 0 radical (unpaired) electrons. The van der Waals surface area contributed by atoms with Crippen LogP contribution in [0.1, 0.15) is 16.1 Å². The molecule has 3 rings (SSSR count). The van der Waals surface area contributed by atoms with Gasteiger partial charge in [-0.15, -0.1) is 0 Å². The highest BCUT2D eigenvalue weighted by Gasteiger charge is 2.26. The quantitative estimate of drug-likeness (QED) is 0.876. The van der Waals surface area contributed by atoms with E-state index < -0.39 is 5.97 Å². The van der Waals surface area contributed by atoms with Crippen LogP contribution in [0.4, 0.5) is 0 Å². The first-order chi connectivity index (χ1) is 8.59. The summed E-state index contributed by atoms with van der Waals surface area (Å²) in [7, 11) is 0. The van der Waals surface area contributed by atoms with Gasteiger partial charge in [0, 0.05) is 10.9 Å². The highest BCUT2D eigenvalue weighted by Crippen LogP contribution is 2.45. The van der Waals surface area contributed by atoms with Gasteiger partial charge in [-0.05, 0) is 28.9 Å². The lowest BCUT2D eigenvalue weighted by Gasteiger charge is -2.19. The van der Waals surface area contributed by atoms with Crippen molar-refractivity contribution in [2.24, 2.45) is 0 Å². The molecule has 6 heteroatoms. The minimum Gasteiger partial charge on any atom is -0.485 e. The minimum absolute atomic E-state index is 0.0699. The van der Waals surface area contributed by atoms with Crippen LogP contribution in [-0.2, 0) is 0 Å². The molecule has 0 amide bonds. The summed E-state index contributed by atoms with van der Waals surface area (Å²) in [5.41, 5.74) is 0.998. The van der Waals surface area contributed by atoms with E-state index in [-0.39, 0.29) is 5.76 Å². The van der Waals surface area contributed by atoms with Crippen molar-refractivity contribution in [2.75, 3.05) is 13.2 Å². The van der Waals surface area contributed by atoms with Crippen molar-refractivity contribution in [1.29, 1.82) is 0 Å². The number of hydrogen-bond acceptors (Lipinski definition) is 4. The average molecular weight is 313 g/mol. The zero-order chi connectivity index (χ0) is 12.9. The summed E-state index contributed by atoms with van der Waals surface area (Å²) >= 11 is 3.39. The van der Waals surface area contributed by atoms with Crippen LogP contribution in [0.3, 0.4) is 0 Å². The molecule has 0 saturated carbocycles. The zero-order valence-corrected chi connectivity index (χ0v) is 11.0. The molecule has 0 fully saturated rings. The van der Waals surface area contributed by atoms with Gasteiger partial charge < -0.3 is 19.0 Å². The van der Waals surface area contributed by atoms with Crippen LogP contribution in [0.5, 0.6) is 11.5 Å². The van der Waals surface area contributed by atoms with E-state index in [0.29, 0.717) is 41.2 Å². The Labute approximate surface area is 110 Å². The highest BCUT2D eigenvalue weighted by molar-refractivity contribution is 9.10. The molecular weight excluding hydrogens is 304 g/mol. The fraction of sp³-hybridized carbons (Fsp3) is 0.250. The Morgan fingerprint density at radius 2 is 2.00 bits per heavy atom. The second-order valence-corrected chi connectivity index (χ2v) is 4.81. The number of fused-ring (bicyclic) bond motifs is 3. The molecule has 0 bridgehead atoms. The number of hydrogen-bond donors (Lipinski definition) is 1. The first kappa shape index (κ1) is 11.4. The SMILES string of the molecule is Cc1c(C(=O)O)oc2c3c(c(Br)cc12)OCCO3. The first-order valence-corrected chi connectivity index (χ1v) is 6.13. The lowest BCUT2D eigenvalue weighted by Crippen LogP contribution is -2.15. The van der Waals surface area contributed by atoms with Crippen molar-refractivity contribution < 1.29 is 23.8 Å². The molecule has 2 aromatic rings. The standard InChI is InChI=1S/C12H9BrO5/c1-5-6-4-7(13)10-11(17-3-2-16-10)9(6)18-8(5)12(14)15/h4H,2-3H2,1H3,(H,14,15).